The van der Waals surface area contributed by atoms with Crippen LogP contribution in [0.2, 0.25) is 10.0 Å². The van der Waals surface area contributed by atoms with Gasteiger partial charge in [-0.05, 0) is 66.6 Å². The Bertz CT molecular complexity index is 1150. The van der Waals surface area contributed by atoms with Gasteiger partial charge in [-0.3, -0.25) is 9.59 Å². The lowest BCUT2D eigenvalue weighted by molar-refractivity contribution is -0.140. The first-order chi connectivity index (χ1) is 16.0. The second kappa shape index (κ2) is 8.84. The van der Waals surface area contributed by atoms with E-state index >= 15 is 0 Å². The van der Waals surface area contributed by atoms with Crippen LogP contribution < -0.4 is 9.47 Å². The van der Waals surface area contributed by atoms with Crippen LogP contribution in [0.4, 0.5) is 0 Å². The molecule has 2 aromatic rings. The largest absolute Gasteiger partial charge is 0.490 e. The van der Waals surface area contributed by atoms with Gasteiger partial charge >= 0.3 is 0 Å². The molecule has 2 amide bonds. The molecule has 4 unspecified atom stereocenters. The van der Waals surface area contributed by atoms with Gasteiger partial charge in [0.25, 0.3) is 11.8 Å². The Balaban J connectivity index is 1.30. The molecule has 2 bridgehead atoms. The molecule has 0 radical (unpaired) electrons. The number of hydrogen-bond acceptors (Lipinski definition) is 5. The summed E-state index contributed by atoms with van der Waals surface area (Å²) in [5, 5.41) is 6.23. The molecule has 3 aliphatic rings. The number of ether oxygens (including phenoxy) is 2. The van der Waals surface area contributed by atoms with Gasteiger partial charge in [-0.25, -0.2) is 0 Å². The van der Waals surface area contributed by atoms with Crippen LogP contribution >= 0.6 is 23.2 Å². The molecule has 0 N–H and O–H groups in total. The third kappa shape index (κ3) is 4.02. The summed E-state index contributed by atoms with van der Waals surface area (Å²) in [6.07, 6.45) is 6.54. The fourth-order valence-corrected chi connectivity index (χ4v) is 5.23. The number of carbonyl (C=O) groups excluding carboxylic acids is 2. The fourth-order valence-electron chi connectivity index (χ4n) is 4.91. The summed E-state index contributed by atoms with van der Waals surface area (Å²) in [5.74, 6) is 0.489. The van der Waals surface area contributed by atoms with E-state index in [2.05, 4.69) is 17.3 Å². The number of nitrogens with zero attached hydrogens (tertiary/aromatic N) is 2. The third-order valence-electron chi connectivity index (χ3n) is 6.42. The first-order valence-electron chi connectivity index (χ1n) is 10.9. The third-order valence-corrected chi connectivity index (χ3v) is 7.15. The van der Waals surface area contributed by atoms with E-state index in [-0.39, 0.29) is 35.5 Å². The van der Waals surface area contributed by atoms with Crippen molar-refractivity contribution in [2.75, 3.05) is 6.61 Å². The van der Waals surface area contributed by atoms with Crippen LogP contribution in [0.1, 0.15) is 24.5 Å². The van der Waals surface area contributed by atoms with Gasteiger partial charge in [0.2, 0.25) is 0 Å². The van der Waals surface area contributed by atoms with Crippen molar-refractivity contribution < 1.29 is 19.1 Å². The Kier molecular flexibility index (Phi) is 5.89. The number of benzene rings is 2. The Labute approximate surface area is 201 Å². The molecule has 2 aliphatic carbocycles. The van der Waals surface area contributed by atoms with Crippen LogP contribution in [0.15, 0.2) is 53.7 Å². The summed E-state index contributed by atoms with van der Waals surface area (Å²) in [4.78, 5) is 25.6. The SMILES string of the molecule is CCOc1cc(C=NN2C(=O)C3C4C=CC(C4)C3C2=O)ccc1OCc1ccc(Cl)c(Cl)c1. The van der Waals surface area contributed by atoms with Crippen molar-refractivity contribution in [1.82, 2.24) is 5.01 Å². The molecule has 2 fully saturated rings. The number of hydrogen-bond donors (Lipinski definition) is 0. The highest BCUT2D eigenvalue weighted by Gasteiger charge is 2.59. The minimum Gasteiger partial charge on any atom is -0.490 e. The molecule has 8 heteroatoms. The van der Waals surface area contributed by atoms with E-state index in [1.165, 1.54) is 6.21 Å². The standard InChI is InChI=1S/C25H22Cl2N2O4/c1-2-32-21-10-14(4-8-20(21)33-13-15-3-7-18(26)19(27)9-15)12-28-29-24(30)22-16-5-6-17(11-16)23(22)25(29)31/h3-10,12,16-17,22-23H,2,11,13H2,1H3. The predicted octanol–water partition coefficient (Wildman–Crippen LogP) is 5.11. The molecule has 33 heavy (non-hydrogen) atoms. The first kappa shape index (κ1) is 22.0. The lowest BCUT2D eigenvalue weighted by Gasteiger charge is -2.13. The molecule has 1 saturated heterocycles. The quantitative estimate of drug-likeness (QED) is 0.311. The number of halogens is 2. The maximum absolute atomic E-state index is 12.8. The monoisotopic (exact) mass is 484 g/mol. The fraction of sp³-hybridized carbons (Fsp3) is 0.320. The lowest BCUT2D eigenvalue weighted by Crippen LogP contribution is -2.28. The van der Waals surface area contributed by atoms with Gasteiger partial charge < -0.3 is 9.47 Å². The second-order valence-electron chi connectivity index (χ2n) is 8.41. The summed E-state index contributed by atoms with van der Waals surface area (Å²) in [6, 6.07) is 10.7. The minimum absolute atomic E-state index is 0.160. The molecule has 6 nitrogen and oxygen atoms in total. The summed E-state index contributed by atoms with van der Waals surface area (Å²) >= 11 is 12.0. The molecule has 0 aromatic heterocycles. The number of amides is 2. The molecule has 4 atom stereocenters. The van der Waals surface area contributed by atoms with Gasteiger partial charge in [0.1, 0.15) is 6.61 Å². The predicted molar refractivity (Wildman–Crippen MR) is 126 cm³/mol. The van der Waals surface area contributed by atoms with Gasteiger partial charge in [-0.15, -0.1) is 0 Å². The van der Waals surface area contributed by atoms with Gasteiger partial charge in [-0.1, -0.05) is 41.4 Å². The number of imide groups is 1. The zero-order chi connectivity index (χ0) is 23.1. The summed E-state index contributed by atoms with van der Waals surface area (Å²) in [7, 11) is 0. The van der Waals surface area contributed by atoms with Crippen molar-refractivity contribution in [2.45, 2.75) is 20.0 Å². The second-order valence-corrected chi connectivity index (χ2v) is 9.22. The number of allylic oxidation sites excluding steroid dienone is 2. The molecule has 1 saturated carbocycles. The molecular formula is C25H22Cl2N2O4. The Morgan fingerprint density at radius 3 is 2.36 bits per heavy atom. The van der Waals surface area contributed by atoms with Gasteiger partial charge in [0.15, 0.2) is 11.5 Å². The number of carbonyl (C=O) groups is 2. The summed E-state index contributed by atoms with van der Waals surface area (Å²) < 4.78 is 11.7. The maximum Gasteiger partial charge on any atom is 0.254 e. The zero-order valence-corrected chi connectivity index (χ0v) is 19.4. The van der Waals surface area contributed by atoms with Crippen LogP contribution in [0.25, 0.3) is 0 Å². The smallest absolute Gasteiger partial charge is 0.254 e. The van der Waals surface area contributed by atoms with E-state index in [4.69, 9.17) is 32.7 Å². The lowest BCUT2D eigenvalue weighted by atomic mass is 9.85. The average molecular weight is 485 g/mol. The van der Waals surface area contributed by atoms with Crippen molar-refractivity contribution in [3.05, 3.63) is 69.7 Å². The molecule has 0 spiro atoms. The highest BCUT2D eigenvalue weighted by molar-refractivity contribution is 6.42. The van der Waals surface area contributed by atoms with Gasteiger partial charge in [0, 0.05) is 0 Å². The van der Waals surface area contributed by atoms with Gasteiger partial charge in [0.05, 0.1) is 34.7 Å². The first-order valence-corrected chi connectivity index (χ1v) is 11.7. The Hall–Kier alpha value is -2.83. The average Bonchev–Trinajstić information content (AvgIpc) is 3.48. The van der Waals surface area contributed by atoms with E-state index in [0.29, 0.717) is 40.3 Å². The van der Waals surface area contributed by atoms with Crippen molar-refractivity contribution in [3.63, 3.8) is 0 Å². The zero-order valence-electron chi connectivity index (χ0n) is 17.9. The summed E-state index contributed by atoms with van der Waals surface area (Å²) in [6.45, 7) is 2.62. The van der Waals surface area contributed by atoms with Crippen LogP contribution in [0, 0.1) is 23.7 Å². The van der Waals surface area contributed by atoms with E-state index in [0.717, 1.165) is 17.0 Å². The maximum atomic E-state index is 12.8. The van der Waals surface area contributed by atoms with E-state index < -0.39 is 0 Å². The number of fused-ring (bicyclic) bond motifs is 5. The van der Waals surface area contributed by atoms with E-state index in [1.54, 1.807) is 30.3 Å². The molecular weight excluding hydrogens is 463 g/mol. The molecule has 1 aliphatic heterocycles. The van der Waals surface area contributed by atoms with Crippen LogP contribution in [-0.2, 0) is 16.2 Å². The van der Waals surface area contributed by atoms with Crippen LogP contribution in [0.3, 0.4) is 0 Å². The van der Waals surface area contributed by atoms with Crippen LogP contribution in [-0.4, -0.2) is 29.6 Å². The van der Waals surface area contributed by atoms with E-state index in [1.807, 2.05) is 13.0 Å². The number of hydrazone groups is 1. The number of rotatable bonds is 7. The van der Waals surface area contributed by atoms with Gasteiger partial charge in [-0.2, -0.15) is 10.1 Å². The van der Waals surface area contributed by atoms with Crippen molar-refractivity contribution in [1.29, 1.82) is 0 Å². The van der Waals surface area contributed by atoms with Crippen molar-refractivity contribution in [2.24, 2.45) is 28.8 Å². The van der Waals surface area contributed by atoms with Crippen LogP contribution in [0.5, 0.6) is 11.5 Å². The highest BCUT2D eigenvalue weighted by atomic mass is 35.5. The molecule has 5 rings (SSSR count). The highest BCUT2D eigenvalue weighted by Crippen LogP contribution is 2.52. The normalized spacial score (nSPS) is 25.4. The van der Waals surface area contributed by atoms with Crippen molar-refractivity contribution >= 4 is 41.2 Å². The van der Waals surface area contributed by atoms with Crippen molar-refractivity contribution in [3.8, 4) is 11.5 Å². The Morgan fingerprint density at radius 2 is 1.70 bits per heavy atom. The molecule has 2 aromatic carbocycles. The summed E-state index contributed by atoms with van der Waals surface area (Å²) in [5.41, 5.74) is 1.57. The molecule has 1 heterocycles. The topological polar surface area (TPSA) is 68.2 Å². The molecule has 170 valence electrons. The minimum atomic E-state index is -0.263. The Morgan fingerprint density at radius 1 is 0.970 bits per heavy atom. The van der Waals surface area contributed by atoms with E-state index in [9.17, 15) is 9.59 Å².